The molecule has 0 aromatic carbocycles. The Kier molecular flexibility index (Phi) is 25.8. The Morgan fingerprint density at radius 3 is 1.67 bits per heavy atom. The Balaban J connectivity index is 0. The molecule has 0 bridgehead atoms. The van der Waals surface area contributed by atoms with Crippen LogP contribution in [0.4, 0.5) is 0 Å². The summed E-state index contributed by atoms with van der Waals surface area (Å²) in [5, 5.41) is 42.7. The summed E-state index contributed by atoms with van der Waals surface area (Å²) in [6, 6.07) is 0.289. The summed E-state index contributed by atoms with van der Waals surface area (Å²) in [7, 11) is 0. The van der Waals surface area contributed by atoms with Crippen LogP contribution in [-0.2, 0) is 18.4 Å². The van der Waals surface area contributed by atoms with E-state index >= 15 is 0 Å². The molecule has 3 aromatic rings. The van der Waals surface area contributed by atoms with Gasteiger partial charge in [-0.15, -0.1) is 5.10 Å². The average Bonchev–Trinajstić information content (AvgIpc) is 3.85. The molecule has 2 aliphatic rings. The van der Waals surface area contributed by atoms with Gasteiger partial charge in [-0.3, -0.25) is 4.68 Å². The van der Waals surface area contributed by atoms with Gasteiger partial charge in [-0.2, -0.15) is 51.3 Å². The van der Waals surface area contributed by atoms with E-state index in [0.717, 1.165) is 42.7 Å². The maximum absolute atomic E-state index is 5.39. The van der Waals surface area contributed by atoms with E-state index in [0.29, 0.717) is 13.1 Å². The first-order chi connectivity index (χ1) is 23.6. The molecule has 0 radical (unpaired) electrons. The number of nitrogens with one attached hydrogen (secondary N) is 2. The lowest BCUT2D eigenvalue weighted by molar-refractivity contribution is 0.365. The van der Waals surface area contributed by atoms with Crippen LogP contribution in [0.15, 0.2) is 69.3 Å². The van der Waals surface area contributed by atoms with Crippen molar-refractivity contribution in [3.8, 4) is 0 Å². The third-order valence-electron chi connectivity index (χ3n) is 5.77. The summed E-state index contributed by atoms with van der Waals surface area (Å²) >= 11 is 0. The van der Waals surface area contributed by atoms with Gasteiger partial charge in [-0.25, -0.2) is 0 Å². The van der Waals surface area contributed by atoms with Crippen LogP contribution in [0.25, 0.3) is 0 Å². The predicted molar refractivity (Wildman–Crippen MR) is 209 cm³/mol. The highest BCUT2D eigenvalue weighted by atomic mass is 15.4. The number of hydrogen-bond acceptors (Lipinski definition) is 12. The van der Waals surface area contributed by atoms with Crippen molar-refractivity contribution in [2.45, 2.75) is 128 Å². The molecule has 15 heteroatoms. The van der Waals surface area contributed by atoms with Crippen LogP contribution in [0.5, 0.6) is 0 Å². The van der Waals surface area contributed by atoms with E-state index in [2.05, 4.69) is 165 Å². The van der Waals surface area contributed by atoms with Crippen LogP contribution in [0.3, 0.4) is 0 Å². The maximum Gasteiger partial charge on any atom is 0.0959 e. The maximum atomic E-state index is 5.39. The SMILES string of the molecule is CC(C)(C)C1=CN=NC1.CC(C)(C)C1C=CN=N1.CC(C)(C)c1cn(CCN)nn1.CC(C)C.CC(C)C.NCCc1cn[nH]n1.c1cn[nH]n1. The molecule has 0 aliphatic carbocycles. The molecular formula is C36H71N15. The zero-order chi connectivity index (χ0) is 39.5. The zero-order valence-corrected chi connectivity index (χ0v) is 34.4. The van der Waals surface area contributed by atoms with E-state index < -0.39 is 0 Å². The van der Waals surface area contributed by atoms with E-state index in [9.17, 15) is 0 Å². The molecule has 0 saturated heterocycles. The normalized spacial score (nSPS) is 14.3. The molecule has 5 rings (SSSR count). The van der Waals surface area contributed by atoms with Gasteiger partial charge in [-0.1, -0.05) is 109 Å². The first-order valence-corrected chi connectivity index (χ1v) is 17.7. The van der Waals surface area contributed by atoms with Crippen LogP contribution < -0.4 is 11.5 Å². The number of hydrogen-bond donors (Lipinski definition) is 4. The van der Waals surface area contributed by atoms with Gasteiger partial charge in [0.05, 0.1) is 55.3 Å². The lowest BCUT2D eigenvalue weighted by Gasteiger charge is -2.20. The van der Waals surface area contributed by atoms with Gasteiger partial charge in [-0.05, 0) is 40.9 Å². The fourth-order valence-corrected chi connectivity index (χ4v) is 2.97. The van der Waals surface area contributed by atoms with E-state index in [1.54, 1.807) is 29.5 Å². The summed E-state index contributed by atoms with van der Waals surface area (Å²) in [6.07, 6.45) is 13.2. The minimum atomic E-state index is 0.0762. The summed E-state index contributed by atoms with van der Waals surface area (Å²) in [4.78, 5) is 0. The van der Waals surface area contributed by atoms with Crippen LogP contribution in [0, 0.1) is 22.7 Å². The summed E-state index contributed by atoms with van der Waals surface area (Å²) in [5.74, 6) is 1.67. The molecular weight excluding hydrogens is 643 g/mol. The van der Waals surface area contributed by atoms with Crippen LogP contribution in [0.2, 0.25) is 0 Å². The van der Waals surface area contributed by atoms with Crippen LogP contribution in [-0.4, -0.2) is 71.5 Å². The molecule has 0 saturated carbocycles. The predicted octanol–water partition coefficient (Wildman–Crippen LogP) is 7.73. The van der Waals surface area contributed by atoms with Crippen LogP contribution >= 0.6 is 0 Å². The van der Waals surface area contributed by atoms with E-state index in [-0.39, 0.29) is 22.3 Å². The number of azo groups is 2. The quantitative estimate of drug-likeness (QED) is 0.209. The molecule has 0 amide bonds. The van der Waals surface area contributed by atoms with E-state index in [4.69, 9.17) is 11.5 Å². The molecule has 290 valence electrons. The molecule has 15 nitrogen and oxygen atoms in total. The average molecular weight is 714 g/mol. The molecule has 5 heterocycles. The number of aromatic nitrogens is 9. The molecule has 1 atom stereocenters. The topological polar surface area (TPSA) is 215 Å². The number of rotatable bonds is 4. The molecule has 2 aliphatic heterocycles. The molecule has 1 unspecified atom stereocenters. The number of nitrogens with zero attached hydrogens (tertiary/aromatic N) is 11. The van der Waals surface area contributed by atoms with Gasteiger partial charge in [0.1, 0.15) is 0 Å². The second kappa shape index (κ2) is 26.8. The van der Waals surface area contributed by atoms with Gasteiger partial charge in [0, 0.05) is 30.8 Å². The lowest BCUT2D eigenvalue weighted by atomic mass is 9.87. The second-order valence-corrected chi connectivity index (χ2v) is 16.2. The lowest BCUT2D eigenvalue weighted by Crippen LogP contribution is -2.20. The van der Waals surface area contributed by atoms with Gasteiger partial charge in [0.25, 0.3) is 0 Å². The van der Waals surface area contributed by atoms with Crippen molar-refractivity contribution in [2.24, 2.45) is 54.6 Å². The fourth-order valence-electron chi connectivity index (χ4n) is 2.97. The molecule has 0 spiro atoms. The molecule has 6 N–H and O–H groups in total. The Morgan fingerprint density at radius 2 is 1.39 bits per heavy atom. The molecule has 3 aromatic heterocycles. The smallest absolute Gasteiger partial charge is 0.0959 e. The van der Waals surface area contributed by atoms with Crippen molar-refractivity contribution in [1.82, 2.24) is 45.8 Å². The first kappa shape index (κ1) is 49.1. The minimum absolute atomic E-state index is 0.0762. The molecule has 51 heavy (non-hydrogen) atoms. The Labute approximate surface area is 308 Å². The Morgan fingerprint density at radius 1 is 0.804 bits per heavy atom. The highest BCUT2D eigenvalue weighted by Crippen LogP contribution is 2.27. The number of aromatic amines is 2. The van der Waals surface area contributed by atoms with Crippen molar-refractivity contribution >= 4 is 0 Å². The van der Waals surface area contributed by atoms with Crippen molar-refractivity contribution < 1.29 is 0 Å². The number of nitrogens with two attached hydrogens (primary N) is 2. The van der Waals surface area contributed by atoms with Crippen LogP contribution in [0.1, 0.15) is 115 Å². The largest absolute Gasteiger partial charge is 0.330 e. The van der Waals surface area contributed by atoms with E-state index in [1.165, 1.54) is 5.57 Å². The van der Waals surface area contributed by atoms with Gasteiger partial charge in [0.15, 0.2) is 0 Å². The Hall–Kier alpha value is -3.98. The Bertz CT molecular complexity index is 1270. The standard InChI is InChI=1S/C8H16N4.2C7H12N2.C4H8N4.2C4H10.C2H3N3/c1-8(2,3)7-6-12(5-4-9)11-10-7;1-7(2,3)6-4-8-9-5-6;1-7(2,3)6-4-5-8-9-6;5-2-1-4-3-6-8-7-4;2*1-4(2)3;1-2-4-5-3-1/h6H,4-5,9H2,1-3H3;4H,5H2,1-3H3;4-6H,1-3H3;3H,1-2,5H2,(H,6,7,8);2*4H,1-3H3;1-2H,(H,3,4,5). The summed E-state index contributed by atoms with van der Waals surface area (Å²) < 4.78 is 1.78. The highest BCUT2D eigenvalue weighted by molar-refractivity contribution is 5.14. The fraction of sp³-hybridized carbons (Fsp3) is 0.722. The third kappa shape index (κ3) is 29.5. The second-order valence-electron chi connectivity index (χ2n) is 16.2. The van der Waals surface area contributed by atoms with Crippen molar-refractivity contribution in [3.63, 3.8) is 0 Å². The highest BCUT2D eigenvalue weighted by Gasteiger charge is 2.23. The minimum Gasteiger partial charge on any atom is -0.330 e. The zero-order valence-electron chi connectivity index (χ0n) is 34.4. The van der Waals surface area contributed by atoms with Gasteiger partial charge < -0.3 is 11.5 Å². The monoisotopic (exact) mass is 714 g/mol. The van der Waals surface area contributed by atoms with Crippen molar-refractivity contribution in [3.05, 3.63) is 60.2 Å². The van der Waals surface area contributed by atoms with E-state index in [1.807, 2.05) is 18.5 Å². The number of H-pyrrole nitrogens is 2. The summed E-state index contributed by atoms with van der Waals surface area (Å²) in [6.45, 7) is 35.1. The van der Waals surface area contributed by atoms with Gasteiger partial charge >= 0.3 is 0 Å². The molecule has 0 fully saturated rings. The third-order valence-corrected chi connectivity index (χ3v) is 5.77. The summed E-state index contributed by atoms with van der Waals surface area (Å²) in [5.41, 5.74) is 14.4. The van der Waals surface area contributed by atoms with Gasteiger partial charge in [0.2, 0.25) is 0 Å². The first-order valence-electron chi connectivity index (χ1n) is 17.7. The van der Waals surface area contributed by atoms with Crippen molar-refractivity contribution in [1.29, 1.82) is 0 Å². The van der Waals surface area contributed by atoms with Crippen molar-refractivity contribution in [2.75, 3.05) is 19.6 Å².